The number of rotatable bonds is 9. The van der Waals surface area contributed by atoms with E-state index in [0.29, 0.717) is 13.1 Å². The summed E-state index contributed by atoms with van der Waals surface area (Å²) < 4.78 is 0. The van der Waals surface area contributed by atoms with E-state index in [1.54, 1.807) is 0 Å². The second-order valence-electron chi connectivity index (χ2n) is 5.68. The summed E-state index contributed by atoms with van der Waals surface area (Å²) in [6.45, 7) is 4.06. The molecule has 0 fully saturated rings. The molecule has 3 heteroatoms. The van der Waals surface area contributed by atoms with Gasteiger partial charge in [-0.3, -0.25) is 4.79 Å². The zero-order valence-electron chi connectivity index (χ0n) is 13.9. The molecule has 0 saturated heterocycles. The third-order valence-corrected chi connectivity index (χ3v) is 3.79. The molecule has 122 valence electrons. The van der Waals surface area contributed by atoms with Gasteiger partial charge in [-0.1, -0.05) is 68.3 Å². The Bertz CT molecular complexity index is 569. The smallest absolute Gasteiger partial charge is 0.241 e. The summed E-state index contributed by atoms with van der Waals surface area (Å²) in [6, 6.07) is 20.0. The molecule has 0 radical (unpaired) electrons. The minimum atomic E-state index is 0.108. The lowest BCUT2D eigenvalue weighted by atomic mass is 10.2. The average molecular weight is 310 g/mol. The molecule has 0 saturated carbocycles. The van der Waals surface area contributed by atoms with E-state index < -0.39 is 0 Å². The second-order valence-corrected chi connectivity index (χ2v) is 5.68. The Morgan fingerprint density at radius 1 is 0.957 bits per heavy atom. The predicted octanol–water partition coefficient (Wildman–Crippen LogP) is 4.00. The van der Waals surface area contributed by atoms with Gasteiger partial charge in [0.2, 0.25) is 5.91 Å². The maximum atomic E-state index is 12.6. The van der Waals surface area contributed by atoms with Crippen LogP contribution in [0.2, 0.25) is 0 Å². The van der Waals surface area contributed by atoms with Crippen molar-refractivity contribution in [2.75, 3.05) is 18.0 Å². The normalized spacial score (nSPS) is 10.5. The molecule has 0 bridgehead atoms. The number of hydrogen-bond donors (Lipinski definition) is 1. The van der Waals surface area contributed by atoms with Crippen LogP contribution in [-0.4, -0.2) is 19.0 Å². The van der Waals surface area contributed by atoms with Crippen LogP contribution < -0.4 is 10.2 Å². The molecule has 0 unspecified atom stereocenters. The van der Waals surface area contributed by atoms with Crippen LogP contribution in [0.4, 0.5) is 5.69 Å². The molecule has 0 atom stereocenters. The quantitative estimate of drug-likeness (QED) is 0.710. The van der Waals surface area contributed by atoms with E-state index in [9.17, 15) is 4.79 Å². The number of para-hydroxylation sites is 1. The van der Waals surface area contributed by atoms with Gasteiger partial charge in [0.25, 0.3) is 0 Å². The summed E-state index contributed by atoms with van der Waals surface area (Å²) in [6.07, 6.45) is 3.52. The number of nitrogens with zero attached hydrogens (tertiary/aromatic N) is 1. The summed E-state index contributed by atoms with van der Waals surface area (Å²) in [5.74, 6) is 0.108. The number of unbranched alkanes of at least 4 members (excludes halogenated alkanes) is 2. The van der Waals surface area contributed by atoms with E-state index in [2.05, 4.69) is 24.4 Å². The minimum Gasteiger partial charge on any atom is -0.308 e. The van der Waals surface area contributed by atoms with E-state index in [1.807, 2.05) is 53.4 Å². The average Bonchev–Trinajstić information content (AvgIpc) is 2.61. The third kappa shape index (κ3) is 5.87. The zero-order valence-corrected chi connectivity index (χ0v) is 13.9. The van der Waals surface area contributed by atoms with Crippen molar-refractivity contribution in [2.45, 2.75) is 32.7 Å². The van der Waals surface area contributed by atoms with E-state index >= 15 is 0 Å². The summed E-state index contributed by atoms with van der Waals surface area (Å²) in [4.78, 5) is 14.5. The molecule has 0 aliphatic carbocycles. The first-order chi connectivity index (χ1) is 11.3. The van der Waals surface area contributed by atoms with Gasteiger partial charge in [0.1, 0.15) is 0 Å². The van der Waals surface area contributed by atoms with Crippen LogP contribution >= 0.6 is 0 Å². The van der Waals surface area contributed by atoms with Crippen molar-refractivity contribution in [3.05, 3.63) is 66.2 Å². The third-order valence-electron chi connectivity index (χ3n) is 3.79. The fraction of sp³-hybridized carbons (Fsp3) is 0.350. The van der Waals surface area contributed by atoms with E-state index in [0.717, 1.165) is 24.2 Å². The van der Waals surface area contributed by atoms with Crippen LogP contribution in [0.1, 0.15) is 31.7 Å². The predicted molar refractivity (Wildman–Crippen MR) is 96.5 cm³/mol. The van der Waals surface area contributed by atoms with Crippen LogP contribution in [0.5, 0.6) is 0 Å². The number of nitrogens with one attached hydrogen (secondary N) is 1. The van der Waals surface area contributed by atoms with Crippen LogP contribution in [0.25, 0.3) is 0 Å². The molecule has 2 aromatic carbocycles. The molecule has 0 aromatic heterocycles. The number of hydrogen-bond acceptors (Lipinski definition) is 2. The van der Waals surface area contributed by atoms with Crippen LogP contribution in [0.15, 0.2) is 60.7 Å². The van der Waals surface area contributed by atoms with E-state index in [4.69, 9.17) is 0 Å². The molecule has 2 aromatic rings. The summed E-state index contributed by atoms with van der Waals surface area (Å²) in [5.41, 5.74) is 2.08. The van der Waals surface area contributed by atoms with Crippen molar-refractivity contribution in [1.82, 2.24) is 5.32 Å². The number of anilines is 1. The lowest BCUT2D eigenvalue weighted by Gasteiger charge is -2.23. The van der Waals surface area contributed by atoms with Gasteiger partial charge in [0, 0.05) is 5.69 Å². The first-order valence-corrected chi connectivity index (χ1v) is 8.41. The highest BCUT2D eigenvalue weighted by Crippen LogP contribution is 2.17. The maximum absolute atomic E-state index is 12.6. The molecular weight excluding hydrogens is 284 g/mol. The Labute approximate surface area is 139 Å². The number of benzene rings is 2. The Kier molecular flexibility index (Phi) is 7.34. The van der Waals surface area contributed by atoms with Gasteiger partial charge in [-0.25, -0.2) is 0 Å². The Balaban J connectivity index is 2.00. The van der Waals surface area contributed by atoms with Gasteiger partial charge in [-0.15, -0.1) is 0 Å². The fourth-order valence-electron chi connectivity index (χ4n) is 2.49. The highest BCUT2D eigenvalue weighted by molar-refractivity contribution is 5.94. The molecule has 0 aliphatic heterocycles. The minimum absolute atomic E-state index is 0.108. The molecule has 23 heavy (non-hydrogen) atoms. The standard InChI is InChI=1S/C20H26N2O/c1-2-3-10-15-21-16-20(23)22(19-13-8-5-9-14-19)17-18-11-6-4-7-12-18/h4-9,11-14,21H,2-3,10,15-17H2,1H3. The SMILES string of the molecule is CCCCCNCC(=O)N(Cc1ccccc1)c1ccccc1. The monoisotopic (exact) mass is 310 g/mol. The van der Waals surface area contributed by atoms with Gasteiger partial charge < -0.3 is 10.2 Å². The molecule has 3 nitrogen and oxygen atoms in total. The number of carbonyl (C=O) groups excluding carboxylic acids is 1. The van der Waals surface area contributed by atoms with Gasteiger partial charge >= 0.3 is 0 Å². The summed E-state index contributed by atoms with van der Waals surface area (Å²) in [5, 5.41) is 3.26. The van der Waals surface area contributed by atoms with Crippen molar-refractivity contribution in [3.63, 3.8) is 0 Å². The van der Waals surface area contributed by atoms with E-state index in [1.165, 1.54) is 12.8 Å². The Morgan fingerprint density at radius 2 is 1.61 bits per heavy atom. The number of carbonyl (C=O) groups is 1. The lowest BCUT2D eigenvalue weighted by molar-refractivity contribution is -0.117. The zero-order chi connectivity index (χ0) is 16.3. The molecule has 0 spiro atoms. The molecular formula is C20H26N2O. The van der Waals surface area contributed by atoms with E-state index in [-0.39, 0.29) is 5.91 Å². The van der Waals surface area contributed by atoms with Gasteiger partial charge in [-0.2, -0.15) is 0 Å². The Hall–Kier alpha value is -2.13. The summed E-state index contributed by atoms with van der Waals surface area (Å²) >= 11 is 0. The summed E-state index contributed by atoms with van der Waals surface area (Å²) in [7, 11) is 0. The molecule has 1 N–H and O–H groups in total. The number of amides is 1. The van der Waals surface area contributed by atoms with Crippen LogP contribution in [0, 0.1) is 0 Å². The Morgan fingerprint density at radius 3 is 2.26 bits per heavy atom. The first kappa shape index (κ1) is 17.2. The van der Waals surface area contributed by atoms with Crippen LogP contribution in [-0.2, 0) is 11.3 Å². The van der Waals surface area contributed by atoms with Crippen molar-refractivity contribution >= 4 is 11.6 Å². The van der Waals surface area contributed by atoms with Crippen molar-refractivity contribution in [3.8, 4) is 0 Å². The van der Waals surface area contributed by atoms with Gasteiger partial charge in [0.05, 0.1) is 13.1 Å². The second kappa shape index (κ2) is 9.80. The van der Waals surface area contributed by atoms with Crippen molar-refractivity contribution in [2.24, 2.45) is 0 Å². The largest absolute Gasteiger partial charge is 0.308 e. The fourth-order valence-corrected chi connectivity index (χ4v) is 2.49. The lowest BCUT2D eigenvalue weighted by Crippen LogP contribution is -2.38. The van der Waals surface area contributed by atoms with Gasteiger partial charge in [0.15, 0.2) is 0 Å². The molecule has 0 heterocycles. The topological polar surface area (TPSA) is 32.3 Å². The van der Waals surface area contributed by atoms with Crippen LogP contribution in [0.3, 0.4) is 0 Å². The van der Waals surface area contributed by atoms with Gasteiger partial charge in [-0.05, 0) is 30.7 Å². The molecule has 1 amide bonds. The highest BCUT2D eigenvalue weighted by atomic mass is 16.2. The highest BCUT2D eigenvalue weighted by Gasteiger charge is 2.15. The molecule has 0 aliphatic rings. The van der Waals surface area contributed by atoms with Crippen molar-refractivity contribution < 1.29 is 4.79 Å². The van der Waals surface area contributed by atoms with Crippen molar-refractivity contribution in [1.29, 1.82) is 0 Å². The molecule has 2 rings (SSSR count). The maximum Gasteiger partial charge on any atom is 0.241 e. The first-order valence-electron chi connectivity index (χ1n) is 8.41.